The van der Waals surface area contributed by atoms with Gasteiger partial charge in [-0.15, -0.1) is 0 Å². The van der Waals surface area contributed by atoms with Crippen LogP contribution in [0.1, 0.15) is 6.42 Å². The predicted molar refractivity (Wildman–Crippen MR) is 85.7 cm³/mol. The molecule has 112 valence electrons. The number of aryl methyl sites for hydroxylation is 1. The highest BCUT2D eigenvalue weighted by Gasteiger charge is 2.03. The Labute approximate surface area is 128 Å². The number of benzene rings is 1. The molecule has 0 aliphatic heterocycles. The van der Waals surface area contributed by atoms with Gasteiger partial charge >= 0.3 is 0 Å². The van der Waals surface area contributed by atoms with Crippen molar-refractivity contribution < 1.29 is 9.84 Å². The van der Waals surface area contributed by atoms with E-state index in [0.717, 1.165) is 25.2 Å². The third kappa shape index (κ3) is 4.64. The number of thiocarbonyl (C=S) groups is 1. The maximum Gasteiger partial charge on any atom is 0.170 e. The quantitative estimate of drug-likeness (QED) is 0.431. The molecule has 0 bridgehead atoms. The molecule has 1 aromatic heterocycles. The summed E-state index contributed by atoms with van der Waals surface area (Å²) in [6, 6.07) is 4.98. The lowest BCUT2D eigenvalue weighted by molar-refractivity contribution is 0.374. The molecule has 6 nitrogen and oxygen atoms in total. The number of imidazole rings is 1. The molecule has 0 amide bonds. The minimum absolute atomic E-state index is 0.0993. The van der Waals surface area contributed by atoms with E-state index in [1.54, 1.807) is 30.7 Å². The highest BCUT2D eigenvalue weighted by molar-refractivity contribution is 7.80. The average molecular weight is 306 g/mol. The van der Waals surface area contributed by atoms with Crippen LogP contribution in [-0.4, -0.2) is 33.4 Å². The Kier molecular flexibility index (Phi) is 5.39. The van der Waals surface area contributed by atoms with Crippen LogP contribution < -0.4 is 15.4 Å². The van der Waals surface area contributed by atoms with Gasteiger partial charge in [0.1, 0.15) is 0 Å². The topological polar surface area (TPSA) is 71.3 Å². The molecular formula is C14H18N4O2S. The van der Waals surface area contributed by atoms with Gasteiger partial charge in [0, 0.05) is 37.2 Å². The van der Waals surface area contributed by atoms with E-state index in [4.69, 9.17) is 17.0 Å². The number of anilines is 1. The Morgan fingerprint density at radius 1 is 1.48 bits per heavy atom. The van der Waals surface area contributed by atoms with Gasteiger partial charge < -0.3 is 25.0 Å². The molecule has 1 heterocycles. The number of nitrogens with one attached hydrogen (secondary N) is 2. The van der Waals surface area contributed by atoms with Crippen LogP contribution in [0.4, 0.5) is 5.69 Å². The van der Waals surface area contributed by atoms with Crippen molar-refractivity contribution in [1.29, 1.82) is 0 Å². The Morgan fingerprint density at radius 3 is 3.05 bits per heavy atom. The smallest absolute Gasteiger partial charge is 0.170 e. The Balaban J connectivity index is 1.74. The molecule has 0 radical (unpaired) electrons. The van der Waals surface area contributed by atoms with Crippen LogP contribution in [-0.2, 0) is 6.54 Å². The van der Waals surface area contributed by atoms with Crippen LogP contribution in [0.2, 0.25) is 0 Å². The number of phenolic OH excluding ortho intramolecular Hbond substituents is 1. The summed E-state index contributed by atoms with van der Waals surface area (Å²) in [5.41, 5.74) is 0.761. The van der Waals surface area contributed by atoms with E-state index < -0.39 is 0 Å². The molecule has 1 aromatic carbocycles. The lowest BCUT2D eigenvalue weighted by Gasteiger charge is -2.12. The zero-order valence-electron chi connectivity index (χ0n) is 11.7. The number of rotatable bonds is 6. The van der Waals surface area contributed by atoms with Crippen LogP contribution in [0.15, 0.2) is 36.9 Å². The minimum atomic E-state index is 0.0993. The highest BCUT2D eigenvalue weighted by Crippen LogP contribution is 2.28. The van der Waals surface area contributed by atoms with Crippen LogP contribution in [0.3, 0.4) is 0 Å². The van der Waals surface area contributed by atoms with Crippen molar-refractivity contribution in [2.24, 2.45) is 0 Å². The standard InChI is InChI=1S/C14H18N4O2S/c1-20-13-9-11(3-4-12(13)19)17-14(21)16-5-2-7-18-8-6-15-10-18/h3-4,6,8-10,19H,2,5,7H2,1H3,(H2,16,17,21). The van der Waals surface area contributed by atoms with Crippen LogP contribution in [0.25, 0.3) is 0 Å². The number of ether oxygens (including phenoxy) is 1. The lowest BCUT2D eigenvalue weighted by atomic mass is 10.3. The summed E-state index contributed by atoms with van der Waals surface area (Å²) in [4.78, 5) is 3.99. The second-order valence-corrected chi connectivity index (χ2v) is 4.83. The van der Waals surface area contributed by atoms with Crippen molar-refractivity contribution in [3.8, 4) is 11.5 Å². The molecule has 0 fully saturated rings. The summed E-state index contributed by atoms with van der Waals surface area (Å²) >= 11 is 5.22. The van der Waals surface area contributed by atoms with Crippen LogP contribution >= 0.6 is 12.2 Å². The van der Waals surface area contributed by atoms with Crippen molar-refractivity contribution >= 4 is 23.0 Å². The summed E-state index contributed by atoms with van der Waals surface area (Å²) in [6.07, 6.45) is 6.42. The fraction of sp³-hybridized carbons (Fsp3) is 0.286. The zero-order valence-corrected chi connectivity index (χ0v) is 12.6. The first kappa shape index (κ1) is 15.1. The van der Waals surface area contributed by atoms with Gasteiger partial charge in [-0.05, 0) is 30.8 Å². The SMILES string of the molecule is COc1cc(NC(=S)NCCCn2ccnc2)ccc1O. The molecule has 0 atom stereocenters. The number of methoxy groups -OCH3 is 1. The molecule has 7 heteroatoms. The fourth-order valence-corrected chi connectivity index (χ4v) is 2.03. The lowest BCUT2D eigenvalue weighted by Crippen LogP contribution is -2.29. The molecule has 2 rings (SSSR count). The van der Waals surface area contributed by atoms with E-state index in [1.807, 2.05) is 10.8 Å². The molecular weight excluding hydrogens is 288 g/mol. The maximum absolute atomic E-state index is 9.52. The Morgan fingerprint density at radius 2 is 2.33 bits per heavy atom. The summed E-state index contributed by atoms with van der Waals surface area (Å²) < 4.78 is 7.06. The fourth-order valence-electron chi connectivity index (χ4n) is 1.81. The largest absolute Gasteiger partial charge is 0.504 e. The second-order valence-electron chi connectivity index (χ2n) is 4.42. The number of aromatic nitrogens is 2. The van der Waals surface area contributed by atoms with Crippen molar-refractivity contribution in [1.82, 2.24) is 14.9 Å². The van der Waals surface area contributed by atoms with Crippen LogP contribution in [0.5, 0.6) is 11.5 Å². The third-order valence-corrected chi connectivity index (χ3v) is 3.12. The molecule has 3 N–H and O–H groups in total. The van der Waals surface area contributed by atoms with E-state index in [2.05, 4.69) is 15.6 Å². The van der Waals surface area contributed by atoms with Gasteiger partial charge in [0.15, 0.2) is 16.6 Å². The molecule has 0 spiro atoms. The number of hydrogen-bond donors (Lipinski definition) is 3. The van der Waals surface area contributed by atoms with Gasteiger partial charge in [0.2, 0.25) is 0 Å². The summed E-state index contributed by atoms with van der Waals surface area (Å²) in [5.74, 6) is 0.505. The number of phenols is 1. The van der Waals surface area contributed by atoms with Crippen molar-refractivity contribution in [2.75, 3.05) is 19.0 Å². The molecule has 0 unspecified atom stereocenters. The first-order valence-corrected chi connectivity index (χ1v) is 6.97. The van der Waals surface area contributed by atoms with Gasteiger partial charge in [0.05, 0.1) is 13.4 Å². The van der Waals surface area contributed by atoms with Gasteiger partial charge in [0.25, 0.3) is 0 Å². The number of hydrogen-bond acceptors (Lipinski definition) is 4. The Hall–Kier alpha value is -2.28. The highest BCUT2D eigenvalue weighted by atomic mass is 32.1. The molecule has 0 saturated carbocycles. The normalized spacial score (nSPS) is 10.1. The average Bonchev–Trinajstić information content (AvgIpc) is 2.99. The third-order valence-electron chi connectivity index (χ3n) is 2.88. The van der Waals surface area contributed by atoms with Gasteiger partial charge in [-0.25, -0.2) is 4.98 Å². The van der Waals surface area contributed by atoms with Crippen molar-refractivity contribution in [2.45, 2.75) is 13.0 Å². The summed E-state index contributed by atoms with van der Waals surface area (Å²) in [7, 11) is 1.51. The maximum atomic E-state index is 9.52. The molecule has 2 aromatic rings. The van der Waals surface area contributed by atoms with Gasteiger partial charge in [-0.3, -0.25) is 0 Å². The summed E-state index contributed by atoms with van der Waals surface area (Å²) in [5, 5.41) is 16.2. The minimum Gasteiger partial charge on any atom is -0.504 e. The van der Waals surface area contributed by atoms with E-state index in [-0.39, 0.29) is 5.75 Å². The molecule has 0 saturated heterocycles. The van der Waals surface area contributed by atoms with E-state index in [9.17, 15) is 5.11 Å². The molecule has 0 aliphatic rings. The first-order chi connectivity index (χ1) is 10.2. The van der Waals surface area contributed by atoms with E-state index in [0.29, 0.717) is 10.9 Å². The Bertz CT molecular complexity index is 587. The summed E-state index contributed by atoms with van der Waals surface area (Å²) in [6.45, 7) is 1.65. The monoisotopic (exact) mass is 306 g/mol. The predicted octanol–water partition coefficient (Wildman–Crippen LogP) is 1.97. The van der Waals surface area contributed by atoms with Crippen LogP contribution in [0, 0.1) is 0 Å². The number of aromatic hydroxyl groups is 1. The zero-order chi connectivity index (χ0) is 15.1. The van der Waals surface area contributed by atoms with Gasteiger partial charge in [-0.2, -0.15) is 0 Å². The number of nitrogens with zero attached hydrogens (tertiary/aromatic N) is 2. The first-order valence-electron chi connectivity index (χ1n) is 6.56. The van der Waals surface area contributed by atoms with E-state index in [1.165, 1.54) is 7.11 Å². The van der Waals surface area contributed by atoms with Crippen molar-refractivity contribution in [3.05, 3.63) is 36.9 Å². The second kappa shape index (κ2) is 7.49. The van der Waals surface area contributed by atoms with Crippen molar-refractivity contribution in [3.63, 3.8) is 0 Å². The molecule has 21 heavy (non-hydrogen) atoms. The van der Waals surface area contributed by atoms with Gasteiger partial charge in [-0.1, -0.05) is 0 Å². The molecule has 0 aliphatic carbocycles. The van der Waals surface area contributed by atoms with E-state index >= 15 is 0 Å².